The van der Waals surface area contributed by atoms with Crippen LogP contribution >= 0.6 is 0 Å². The Labute approximate surface area is 89.4 Å². The maximum absolute atomic E-state index is 11.1. The molecule has 0 amide bonds. The molecule has 1 aromatic carbocycles. The molecule has 0 aliphatic heterocycles. The highest BCUT2D eigenvalue weighted by atomic mass is 16.4. The molecule has 3 nitrogen and oxygen atoms in total. The maximum Gasteiger partial charge on any atom is 0.311 e. The van der Waals surface area contributed by atoms with Crippen molar-refractivity contribution in [1.29, 1.82) is 0 Å². The Bertz CT molecular complexity index is 319. The Balaban J connectivity index is 2.99. The smallest absolute Gasteiger partial charge is 0.311 e. The van der Waals surface area contributed by atoms with Crippen molar-refractivity contribution in [2.75, 3.05) is 0 Å². The van der Waals surface area contributed by atoms with Crippen molar-refractivity contribution in [2.24, 2.45) is 5.92 Å². The van der Waals surface area contributed by atoms with Crippen molar-refractivity contribution < 1.29 is 15.0 Å². The number of hydrogen-bond acceptors (Lipinski definition) is 2. The van der Waals surface area contributed by atoms with Crippen LogP contribution in [0.25, 0.3) is 0 Å². The normalized spacial score (nSPS) is 16.7. The van der Waals surface area contributed by atoms with E-state index < -0.39 is 18.0 Å². The molecule has 1 aromatic rings. The van der Waals surface area contributed by atoms with Gasteiger partial charge in [0.05, 0.1) is 12.0 Å². The lowest BCUT2D eigenvalue weighted by Gasteiger charge is -2.22. The van der Waals surface area contributed by atoms with E-state index in [9.17, 15) is 9.90 Å². The Hall–Kier alpha value is -1.35. The Morgan fingerprint density at radius 2 is 1.73 bits per heavy atom. The molecular formula is C12H16O3. The zero-order chi connectivity index (χ0) is 11.4. The SMILES string of the molecule is CC(O)C(C)C(C(=O)O)c1ccccc1. The number of carboxylic acids is 1. The van der Waals surface area contributed by atoms with Crippen molar-refractivity contribution >= 4 is 5.97 Å². The Morgan fingerprint density at radius 1 is 1.20 bits per heavy atom. The van der Waals surface area contributed by atoms with E-state index in [0.29, 0.717) is 0 Å². The second-order valence-corrected chi connectivity index (χ2v) is 3.83. The van der Waals surface area contributed by atoms with E-state index in [-0.39, 0.29) is 5.92 Å². The Kier molecular flexibility index (Phi) is 3.86. The second-order valence-electron chi connectivity index (χ2n) is 3.83. The fraction of sp³-hybridized carbons (Fsp3) is 0.417. The van der Waals surface area contributed by atoms with Gasteiger partial charge in [-0.05, 0) is 18.4 Å². The monoisotopic (exact) mass is 208 g/mol. The molecule has 3 atom stereocenters. The molecule has 0 spiro atoms. The zero-order valence-electron chi connectivity index (χ0n) is 8.92. The summed E-state index contributed by atoms with van der Waals surface area (Å²) in [6.07, 6.45) is -0.633. The summed E-state index contributed by atoms with van der Waals surface area (Å²) in [6.45, 7) is 3.36. The third-order valence-corrected chi connectivity index (χ3v) is 2.71. The van der Waals surface area contributed by atoms with E-state index in [4.69, 9.17) is 5.11 Å². The number of carbonyl (C=O) groups is 1. The molecule has 2 N–H and O–H groups in total. The van der Waals surface area contributed by atoms with Crippen molar-refractivity contribution in [2.45, 2.75) is 25.9 Å². The molecule has 1 rings (SSSR count). The van der Waals surface area contributed by atoms with E-state index in [1.807, 2.05) is 6.07 Å². The molecule has 82 valence electrons. The van der Waals surface area contributed by atoms with Gasteiger partial charge in [0.1, 0.15) is 0 Å². The highest BCUT2D eigenvalue weighted by Crippen LogP contribution is 2.27. The number of rotatable bonds is 4. The van der Waals surface area contributed by atoms with Crippen molar-refractivity contribution in [3.63, 3.8) is 0 Å². The number of aliphatic hydroxyl groups excluding tert-OH is 1. The van der Waals surface area contributed by atoms with E-state index in [0.717, 1.165) is 5.56 Å². The standard InChI is InChI=1S/C12H16O3/c1-8(9(2)13)11(12(14)15)10-6-4-3-5-7-10/h3-9,11,13H,1-2H3,(H,14,15). The molecule has 3 unspecified atom stereocenters. The summed E-state index contributed by atoms with van der Waals surface area (Å²) in [4.78, 5) is 11.1. The lowest BCUT2D eigenvalue weighted by Crippen LogP contribution is -2.27. The Morgan fingerprint density at radius 3 is 2.13 bits per heavy atom. The summed E-state index contributed by atoms with van der Waals surface area (Å²) in [6, 6.07) is 9.00. The molecule has 0 heterocycles. The minimum Gasteiger partial charge on any atom is -0.481 e. The van der Waals surface area contributed by atoms with Crippen LogP contribution in [0, 0.1) is 5.92 Å². The fourth-order valence-electron chi connectivity index (χ4n) is 1.61. The van der Waals surface area contributed by atoms with Gasteiger partial charge in [-0.3, -0.25) is 4.79 Å². The summed E-state index contributed by atoms with van der Waals surface area (Å²) in [7, 11) is 0. The molecule has 0 saturated carbocycles. The molecule has 0 aromatic heterocycles. The number of hydrogen-bond donors (Lipinski definition) is 2. The van der Waals surface area contributed by atoms with Crippen molar-refractivity contribution in [1.82, 2.24) is 0 Å². The first kappa shape index (κ1) is 11.7. The lowest BCUT2D eigenvalue weighted by molar-refractivity contribution is -0.141. The maximum atomic E-state index is 11.1. The largest absolute Gasteiger partial charge is 0.481 e. The van der Waals surface area contributed by atoms with Gasteiger partial charge >= 0.3 is 5.97 Å². The molecule has 15 heavy (non-hydrogen) atoms. The second kappa shape index (κ2) is 4.94. The summed E-state index contributed by atoms with van der Waals surface area (Å²) in [5.41, 5.74) is 0.735. The van der Waals surface area contributed by atoms with Crippen LogP contribution in [0.1, 0.15) is 25.3 Å². The number of aliphatic carboxylic acids is 1. The molecule has 0 bridgehead atoms. The lowest BCUT2D eigenvalue weighted by atomic mass is 9.84. The van der Waals surface area contributed by atoms with Crippen LogP contribution in [0.2, 0.25) is 0 Å². The first-order valence-corrected chi connectivity index (χ1v) is 5.00. The van der Waals surface area contributed by atoms with Crippen molar-refractivity contribution in [3.8, 4) is 0 Å². The quantitative estimate of drug-likeness (QED) is 0.794. The van der Waals surface area contributed by atoms with E-state index in [1.54, 1.807) is 38.1 Å². The van der Waals surface area contributed by atoms with Gasteiger partial charge in [-0.2, -0.15) is 0 Å². The summed E-state index contributed by atoms with van der Waals surface area (Å²) in [5, 5.41) is 18.6. The van der Waals surface area contributed by atoms with Gasteiger partial charge in [0.15, 0.2) is 0 Å². The summed E-state index contributed by atoms with van der Waals surface area (Å²) in [5.74, 6) is -1.84. The highest BCUT2D eigenvalue weighted by Gasteiger charge is 2.29. The molecule has 0 aliphatic rings. The minimum absolute atomic E-state index is 0.301. The van der Waals surface area contributed by atoms with Crippen LogP contribution in [-0.2, 0) is 4.79 Å². The molecule has 0 saturated heterocycles. The van der Waals surface area contributed by atoms with Gasteiger partial charge in [0.2, 0.25) is 0 Å². The number of carboxylic acid groups (broad SMARTS) is 1. The predicted molar refractivity (Wildman–Crippen MR) is 57.7 cm³/mol. The number of benzene rings is 1. The van der Waals surface area contributed by atoms with E-state index in [2.05, 4.69) is 0 Å². The van der Waals surface area contributed by atoms with Gasteiger partial charge < -0.3 is 10.2 Å². The highest BCUT2D eigenvalue weighted by molar-refractivity contribution is 5.76. The molecule has 0 radical (unpaired) electrons. The zero-order valence-corrected chi connectivity index (χ0v) is 8.92. The third-order valence-electron chi connectivity index (χ3n) is 2.71. The van der Waals surface area contributed by atoms with Crippen LogP contribution in [-0.4, -0.2) is 22.3 Å². The third kappa shape index (κ3) is 2.80. The molecule has 3 heteroatoms. The number of aliphatic hydroxyl groups is 1. The first-order valence-electron chi connectivity index (χ1n) is 5.00. The van der Waals surface area contributed by atoms with Gasteiger partial charge in [-0.15, -0.1) is 0 Å². The summed E-state index contributed by atoms with van der Waals surface area (Å²) >= 11 is 0. The molecular weight excluding hydrogens is 192 g/mol. The van der Waals surface area contributed by atoms with Gasteiger partial charge in [0.25, 0.3) is 0 Å². The first-order chi connectivity index (χ1) is 7.04. The molecule has 0 aliphatic carbocycles. The minimum atomic E-state index is -0.894. The van der Waals surface area contributed by atoms with Crippen LogP contribution in [0.15, 0.2) is 30.3 Å². The predicted octanol–water partition coefficient (Wildman–Crippen LogP) is 1.87. The van der Waals surface area contributed by atoms with Crippen LogP contribution in [0.3, 0.4) is 0 Å². The summed E-state index contributed by atoms with van der Waals surface area (Å²) < 4.78 is 0. The van der Waals surface area contributed by atoms with Crippen LogP contribution in [0.5, 0.6) is 0 Å². The molecule has 0 fully saturated rings. The average molecular weight is 208 g/mol. The topological polar surface area (TPSA) is 57.5 Å². The average Bonchev–Trinajstić information content (AvgIpc) is 2.18. The van der Waals surface area contributed by atoms with E-state index >= 15 is 0 Å². The fourth-order valence-corrected chi connectivity index (χ4v) is 1.61. The van der Waals surface area contributed by atoms with Gasteiger partial charge in [-0.25, -0.2) is 0 Å². The van der Waals surface area contributed by atoms with E-state index in [1.165, 1.54) is 0 Å². The van der Waals surface area contributed by atoms with Crippen LogP contribution < -0.4 is 0 Å². The van der Waals surface area contributed by atoms with Gasteiger partial charge in [0, 0.05) is 0 Å². The van der Waals surface area contributed by atoms with Crippen LogP contribution in [0.4, 0.5) is 0 Å². The van der Waals surface area contributed by atoms with Crippen molar-refractivity contribution in [3.05, 3.63) is 35.9 Å². The van der Waals surface area contributed by atoms with Gasteiger partial charge in [-0.1, -0.05) is 37.3 Å².